The SMILES string of the molecule is Cc1ncc(S(=O)(=O)Nc2cc(N)ccc2F)[nH]1. The van der Waals surface area contributed by atoms with Crippen LogP contribution in [0.5, 0.6) is 0 Å². The van der Waals surface area contributed by atoms with E-state index in [-0.39, 0.29) is 16.4 Å². The van der Waals surface area contributed by atoms with E-state index in [1.807, 2.05) is 0 Å². The Morgan fingerprint density at radius 3 is 2.78 bits per heavy atom. The molecule has 1 aromatic carbocycles. The van der Waals surface area contributed by atoms with Crippen LogP contribution in [-0.4, -0.2) is 18.4 Å². The van der Waals surface area contributed by atoms with E-state index in [2.05, 4.69) is 14.7 Å². The summed E-state index contributed by atoms with van der Waals surface area (Å²) in [6, 6.07) is 3.63. The summed E-state index contributed by atoms with van der Waals surface area (Å²) in [5.41, 5.74) is 5.52. The minimum atomic E-state index is -3.90. The molecule has 0 atom stereocenters. The maximum atomic E-state index is 13.4. The molecule has 6 nitrogen and oxygen atoms in total. The Bertz CT molecular complexity index is 681. The number of aryl methyl sites for hydroxylation is 1. The number of sulfonamides is 1. The van der Waals surface area contributed by atoms with E-state index in [4.69, 9.17) is 5.73 Å². The number of nitrogens with two attached hydrogens (primary N) is 1. The Morgan fingerprint density at radius 2 is 2.17 bits per heavy atom. The number of nitrogens with zero attached hydrogens (tertiary/aromatic N) is 1. The zero-order valence-corrected chi connectivity index (χ0v) is 10.3. The number of imidazole rings is 1. The second kappa shape index (κ2) is 4.30. The molecule has 96 valence electrons. The molecule has 0 radical (unpaired) electrons. The average molecular weight is 270 g/mol. The van der Waals surface area contributed by atoms with Gasteiger partial charge in [0.05, 0.1) is 11.9 Å². The third-order valence-corrected chi connectivity index (χ3v) is 3.48. The van der Waals surface area contributed by atoms with E-state index in [0.717, 1.165) is 12.3 Å². The van der Waals surface area contributed by atoms with Gasteiger partial charge in [0.1, 0.15) is 11.6 Å². The van der Waals surface area contributed by atoms with Crippen LogP contribution in [0.3, 0.4) is 0 Å². The molecule has 0 aliphatic heterocycles. The number of anilines is 2. The summed E-state index contributed by atoms with van der Waals surface area (Å²) in [6.45, 7) is 1.61. The first-order chi connectivity index (χ1) is 8.38. The highest BCUT2D eigenvalue weighted by Crippen LogP contribution is 2.20. The monoisotopic (exact) mass is 270 g/mol. The summed E-state index contributed by atoms with van der Waals surface area (Å²) in [6.07, 6.45) is 1.15. The normalized spacial score (nSPS) is 11.4. The summed E-state index contributed by atoms with van der Waals surface area (Å²) in [5.74, 6) is -0.257. The van der Waals surface area contributed by atoms with Crippen molar-refractivity contribution in [3.8, 4) is 0 Å². The van der Waals surface area contributed by atoms with Crippen LogP contribution >= 0.6 is 0 Å². The number of rotatable bonds is 3. The molecule has 0 amide bonds. The van der Waals surface area contributed by atoms with Gasteiger partial charge in [0.25, 0.3) is 10.0 Å². The Kier molecular flexibility index (Phi) is 2.95. The lowest BCUT2D eigenvalue weighted by atomic mass is 10.3. The lowest BCUT2D eigenvalue weighted by Gasteiger charge is -2.07. The molecule has 0 aliphatic rings. The van der Waals surface area contributed by atoms with E-state index in [1.165, 1.54) is 12.1 Å². The van der Waals surface area contributed by atoms with Crippen molar-refractivity contribution < 1.29 is 12.8 Å². The fraction of sp³-hybridized carbons (Fsp3) is 0.100. The van der Waals surface area contributed by atoms with Gasteiger partial charge in [0.2, 0.25) is 0 Å². The number of benzene rings is 1. The molecule has 1 heterocycles. The van der Waals surface area contributed by atoms with Gasteiger partial charge in [-0.1, -0.05) is 0 Å². The van der Waals surface area contributed by atoms with E-state index in [9.17, 15) is 12.8 Å². The molecule has 0 aliphatic carbocycles. The number of aromatic nitrogens is 2. The van der Waals surface area contributed by atoms with Crippen LogP contribution in [0.4, 0.5) is 15.8 Å². The smallest absolute Gasteiger partial charge is 0.279 e. The molecule has 0 unspecified atom stereocenters. The average Bonchev–Trinajstić information content (AvgIpc) is 2.71. The molecule has 0 spiro atoms. The van der Waals surface area contributed by atoms with E-state index in [0.29, 0.717) is 5.82 Å². The molecular formula is C10H11FN4O2S. The van der Waals surface area contributed by atoms with Gasteiger partial charge in [-0.25, -0.2) is 9.37 Å². The summed E-state index contributed by atoms with van der Waals surface area (Å²) >= 11 is 0. The van der Waals surface area contributed by atoms with Crippen molar-refractivity contribution in [3.63, 3.8) is 0 Å². The predicted octanol–water partition coefficient (Wildman–Crippen LogP) is 1.24. The maximum absolute atomic E-state index is 13.4. The summed E-state index contributed by atoms with van der Waals surface area (Å²) in [7, 11) is -3.90. The Balaban J connectivity index is 2.36. The molecule has 0 saturated carbocycles. The third-order valence-electron chi connectivity index (χ3n) is 2.20. The van der Waals surface area contributed by atoms with Gasteiger partial charge in [-0.15, -0.1) is 0 Å². The lowest BCUT2D eigenvalue weighted by molar-refractivity contribution is 0.595. The van der Waals surface area contributed by atoms with Gasteiger partial charge in [-0.3, -0.25) is 4.72 Å². The first-order valence-electron chi connectivity index (χ1n) is 4.98. The van der Waals surface area contributed by atoms with Crippen molar-refractivity contribution in [1.29, 1.82) is 0 Å². The molecular weight excluding hydrogens is 259 g/mol. The van der Waals surface area contributed by atoms with Gasteiger partial charge in [0, 0.05) is 5.69 Å². The number of hydrogen-bond acceptors (Lipinski definition) is 4. The second-order valence-corrected chi connectivity index (χ2v) is 5.33. The zero-order valence-electron chi connectivity index (χ0n) is 9.44. The van der Waals surface area contributed by atoms with Crippen molar-refractivity contribution in [2.24, 2.45) is 0 Å². The number of aromatic amines is 1. The standard InChI is InChI=1S/C10H11FN4O2S/c1-6-13-5-10(14-6)18(16,17)15-9-4-7(12)2-3-8(9)11/h2-5,15H,12H2,1H3,(H,13,14). The molecule has 0 saturated heterocycles. The third kappa shape index (κ3) is 2.43. The van der Waals surface area contributed by atoms with Gasteiger partial charge in [-0.05, 0) is 25.1 Å². The predicted molar refractivity (Wildman–Crippen MR) is 64.9 cm³/mol. The lowest BCUT2D eigenvalue weighted by Crippen LogP contribution is -2.14. The van der Waals surface area contributed by atoms with Crippen LogP contribution in [-0.2, 0) is 10.0 Å². The quantitative estimate of drug-likeness (QED) is 0.730. The van der Waals surface area contributed by atoms with Crippen molar-refractivity contribution in [2.45, 2.75) is 11.9 Å². The fourth-order valence-corrected chi connectivity index (χ4v) is 2.39. The molecule has 4 N–H and O–H groups in total. The highest BCUT2D eigenvalue weighted by atomic mass is 32.2. The maximum Gasteiger partial charge on any atom is 0.279 e. The first-order valence-corrected chi connectivity index (χ1v) is 6.46. The van der Waals surface area contributed by atoms with Crippen molar-refractivity contribution in [1.82, 2.24) is 9.97 Å². The van der Waals surface area contributed by atoms with Gasteiger partial charge < -0.3 is 10.7 Å². The molecule has 0 fully saturated rings. The van der Waals surface area contributed by atoms with Crippen LogP contribution in [0.25, 0.3) is 0 Å². The van der Waals surface area contributed by atoms with Crippen LogP contribution < -0.4 is 10.5 Å². The summed E-state index contributed by atoms with van der Waals surface area (Å²) in [5, 5.41) is -0.137. The largest absolute Gasteiger partial charge is 0.399 e. The molecule has 18 heavy (non-hydrogen) atoms. The Labute approximate surface area is 103 Å². The van der Waals surface area contributed by atoms with Crippen LogP contribution in [0.15, 0.2) is 29.4 Å². The minimum Gasteiger partial charge on any atom is -0.399 e. The Morgan fingerprint density at radius 1 is 1.44 bits per heavy atom. The molecule has 1 aromatic heterocycles. The highest BCUT2D eigenvalue weighted by molar-refractivity contribution is 7.92. The van der Waals surface area contributed by atoms with Crippen LogP contribution in [0.1, 0.15) is 5.82 Å². The Hall–Kier alpha value is -2.09. The van der Waals surface area contributed by atoms with Crippen LogP contribution in [0, 0.1) is 12.7 Å². The topological polar surface area (TPSA) is 101 Å². The van der Waals surface area contributed by atoms with E-state index >= 15 is 0 Å². The number of nitrogens with one attached hydrogen (secondary N) is 2. The van der Waals surface area contributed by atoms with Gasteiger partial charge in [0.15, 0.2) is 5.03 Å². The number of H-pyrrole nitrogens is 1. The number of nitrogen functional groups attached to an aromatic ring is 1. The van der Waals surface area contributed by atoms with Crippen LogP contribution in [0.2, 0.25) is 0 Å². The summed E-state index contributed by atoms with van der Waals surface area (Å²) in [4.78, 5) is 6.33. The first kappa shape index (κ1) is 12.4. The van der Waals surface area contributed by atoms with Crippen molar-refractivity contribution in [3.05, 3.63) is 36.0 Å². The van der Waals surface area contributed by atoms with Crippen molar-refractivity contribution in [2.75, 3.05) is 10.5 Å². The van der Waals surface area contributed by atoms with E-state index < -0.39 is 15.8 Å². The molecule has 8 heteroatoms. The fourth-order valence-electron chi connectivity index (χ4n) is 1.36. The molecule has 2 rings (SSSR count). The van der Waals surface area contributed by atoms with Gasteiger partial charge >= 0.3 is 0 Å². The highest BCUT2D eigenvalue weighted by Gasteiger charge is 2.18. The van der Waals surface area contributed by atoms with Crippen molar-refractivity contribution >= 4 is 21.4 Å². The number of hydrogen-bond donors (Lipinski definition) is 3. The molecule has 0 bridgehead atoms. The number of halogens is 1. The van der Waals surface area contributed by atoms with E-state index in [1.54, 1.807) is 6.92 Å². The minimum absolute atomic E-state index is 0.137. The second-order valence-electron chi connectivity index (χ2n) is 3.68. The molecule has 2 aromatic rings. The zero-order chi connectivity index (χ0) is 13.3. The van der Waals surface area contributed by atoms with Gasteiger partial charge in [-0.2, -0.15) is 8.42 Å². The summed E-state index contributed by atoms with van der Waals surface area (Å²) < 4.78 is 39.3.